The normalized spacial score (nSPS) is 10.6. The molecule has 0 bridgehead atoms. The Balaban J connectivity index is 2.14. The van der Waals surface area contributed by atoms with Gasteiger partial charge in [0.25, 0.3) is 5.69 Å². The number of benzene rings is 1. The first-order chi connectivity index (χ1) is 9.13. The third-order valence-corrected chi connectivity index (χ3v) is 3.84. The van der Waals surface area contributed by atoms with Gasteiger partial charge in [0.05, 0.1) is 23.4 Å². The Kier molecular flexibility index (Phi) is 4.18. The predicted octanol–water partition coefficient (Wildman–Crippen LogP) is 2.11. The molecule has 0 aliphatic heterocycles. The second-order valence-corrected chi connectivity index (χ2v) is 4.87. The van der Waals surface area contributed by atoms with E-state index < -0.39 is 0 Å². The number of rotatable bonds is 5. The molecule has 100 valence electrons. The number of hydrogen-bond donors (Lipinski definition) is 1. The van der Waals surface area contributed by atoms with Gasteiger partial charge in [-0.15, -0.1) is 0 Å². The Labute approximate surface area is 114 Å². The topological polar surface area (TPSA) is 81.2 Å². The molecule has 1 aromatic carbocycles. The van der Waals surface area contributed by atoms with Crippen LogP contribution >= 0.6 is 11.8 Å². The number of para-hydroxylation sites is 1. The number of imidazole rings is 1. The van der Waals surface area contributed by atoms with Crippen LogP contribution < -0.4 is 0 Å². The van der Waals surface area contributed by atoms with Crippen LogP contribution in [-0.4, -0.2) is 19.6 Å². The molecule has 0 unspecified atom stereocenters. The fraction of sp³-hybridized carbons (Fsp3) is 0.250. The lowest BCUT2D eigenvalue weighted by Gasteiger charge is -2.04. The van der Waals surface area contributed by atoms with E-state index in [0.717, 1.165) is 5.16 Å². The average Bonchev–Trinajstić information content (AvgIpc) is 2.77. The van der Waals surface area contributed by atoms with Crippen molar-refractivity contribution in [2.75, 3.05) is 0 Å². The summed E-state index contributed by atoms with van der Waals surface area (Å²) in [6.07, 6.45) is 1.60. The first kappa shape index (κ1) is 13.6. The maximum absolute atomic E-state index is 10.9. The first-order valence-corrected chi connectivity index (χ1v) is 6.58. The minimum absolute atomic E-state index is 0.0739. The van der Waals surface area contributed by atoms with Crippen molar-refractivity contribution in [3.63, 3.8) is 0 Å². The van der Waals surface area contributed by atoms with E-state index in [1.54, 1.807) is 36.0 Å². The van der Waals surface area contributed by atoms with Gasteiger partial charge in [0.1, 0.15) is 0 Å². The van der Waals surface area contributed by atoms with Gasteiger partial charge in [0, 0.05) is 24.4 Å². The SMILES string of the molecule is Cn1c(CO)cnc1SCc1ccccc1[N+](=O)[O-]. The molecule has 0 radical (unpaired) electrons. The van der Waals surface area contributed by atoms with Crippen molar-refractivity contribution in [1.29, 1.82) is 0 Å². The van der Waals surface area contributed by atoms with E-state index in [-0.39, 0.29) is 17.2 Å². The van der Waals surface area contributed by atoms with E-state index >= 15 is 0 Å². The lowest BCUT2D eigenvalue weighted by molar-refractivity contribution is -0.385. The van der Waals surface area contributed by atoms with Crippen LogP contribution in [0.4, 0.5) is 5.69 Å². The molecule has 1 N–H and O–H groups in total. The van der Waals surface area contributed by atoms with Gasteiger partial charge >= 0.3 is 0 Å². The summed E-state index contributed by atoms with van der Waals surface area (Å²) in [5.74, 6) is 0.465. The van der Waals surface area contributed by atoms with E-state index in [1.165, 1.54) is 17.8 Å². The molecule has 19 heavy (non-hydrogen) atoms. The Morgan fingerprint density at radius 1 is 1.47 bits per heavy atom. The van der Waals surface area contributed by atoms with Crippen molar-refractivity contribution in [2.45, 2.75) is 17.5 Å². The standard InChI is InChI=1S/C12H13N3O3S/c1-14-10(7-16)6-13-12(14)19-8-9-4-2-3-5-11(9)15(17)18/h2-6,16H,7-8H2,1H3. The summed E-state index contributed by atoms with van der Waals surface area (Å²) >= 11 is 1.40. The van der Waals surface area contributed by atoms with Gasteiger partial charge in [-0.25, -0.2) is 4.98 Å². The number of thioether (sulfide) groups is 1. The first-order valence-electron chi connectivity index (χ1n) is 5.60. The summed E-state index contributed by atoms with van der Waals surface area (Å²) in [4.78, 5) is 14.7. The molecular weight excluding hydrogens is 266 g/mol. The quantitative estimate of drug-likeness (QED) is 0.515. The average molecular weight is 279 g/mol. The number of nitrogens with zero attached hydrogens (tertiary/aromatic N) is 3. The highest BCUT2D eigenvalue weighted by molar-refractivity contribution is 7.98. The van der Waals surface area contributed by atoms with Crippen LogP contribution in [0.3, 0.4) is 0 Å². The van der Waals surface area contributed by atoms with Crippen molar-refractivity contribution in [3.05, 3.63) is 51.8 Å². The zero-order valence-corrected chi connectivity index (χ0v) is 11.1. The van der Waals surface area contributed by atoms with Gasteiger partial charge in [0.15, 0.2) is 5.16 Å². The van der Waals surface area contributed by atoms with Crippen LogP contribution in [0.5, 0.6) is 0 Å². The van der Waals surface area contributed by atoms with Crippen molar-refractivity contribution in [2.24, 2.45) is 7.05 Å². The zero-order chi connectivity index (χ0) is 13.8. The molecule has 1 aromatic heterocycles. The highest BCUT2D eigenvalue weighted by Crippen LogP contribution is 2.27. The molecule has 2 rings (SSSR count). The highest BCUT2D eigenvalue weighted by Gasteiger charge is 2.14. The van der Waals surface area contributed by atoms with Gasteiger partial charge in [-0.3, -0.25) is 10.1 Å². The summed E-state index contributed by atoms with van der Waals surface area (Å²) in [5, 5.41) is 20.7. The summed E-state index contributed by atoms with van der Waals surface area (Å²) in [5.41, 5.74) is 1.49. The molecule has 0 saturated carbocycles. The molecule has 0 aliphatic rings. The van der Waals surface area contributed by atoms with Gasteiger partial charge in [-0.2, -0.15) is 0 Å². The molecule has 0 amide bonds. The largest absolute Gasteiger partial charge is 0.390 e. The van der Waals surface area contributed by atoms with Gasteiger partial charge in [0.2, 0.25) is 0 Å². The highest BCUT2D eigenvalue weighted by atomic mass is 32.2. The van der Waals surface area contributed by atoms with E-state index in [1.807, 2.05) is 0 Å². The van der Waals surface area contributed by atoms with Gasteiger partial charge in [-0.05, 0) is 0 Å². The summed E-state index contributed by atoms with van der Waals surface area (Å²) < 4.78 is 1.78. The third-order valence-electron chi connectivity index (χ3n) is 2.75. The molecule has 0 atom stereocenters. The maximum atomic E-state index is 10.9. The Bertz CT molecular complexity index is 598. The third kappa shape index (κ3) is 2.94. The Morgan fingerprint density at radius 2 is 2.21 bits per heavy atom. The van der Waals surface area contributed by atoms with Crippen molar-refractivity contribution >= 4 is 17.4 Å². The minimum Gasteiger partial charge on any atom is -0.390 e. The van der Waals surface area contributed by atoms with Crippen LogP contribution in [0.25, 0.3) is 0 Å². The molecule has 0 spiro atoms. The molecule has 7 heteroatoms. The number of nitro groups is 1. The summed E-state index contributed by atoms with van der Waals surface area (Å²) in [6.45, 7) is -0.0739. The lowest BCUT2D eigenvalue weighted by atomic mass is 10.2. The smallest absolute Gasteiger partial charge is 0.273 e. The van der Waals surface area contributed by atoms with E-state index in [4.69, 9.17) is 5.11 Å². The summed E-state index contributed by atoms with van der Waals surface area (Å²) in [6, 6.07) is 6.66. The number of aromatic nitrogens is 2. The second kappa shape index (κ2) is 5.85. The fourth-order valence-electron chi connectivity index (χ4n) is 1.66. The number of hydrogen-bond acceptors (Lipinski definition) is 5. The molecular formula is C12H13N3O3S. The molecule has 0 saturated heterocycles. The van der Waals surface area contributed by atoms with Crippen molar-refractivity contribution in [3.8, 4) is 0 Å². The van der Waals surface area contributed by atoms with Crippen LogP contribution in [0.1, 0.15) is 11.3 Å². The number of aliphatic hydroxyl groups excluding tert-OH is 1. The van der Waals surface area contributed by atoms with Crippen molar-refractivity contribution in [1.82, 2.24) is 9.55 Å². The molecule has 0 aliphatic carbocycles. The number of aliphatic hydroxyl groups is 1. The van der Waals surface area contributed by atoms with Crippen LogP contribution in [0, 0.1) is 10.1 Å². The van der Waals surface area contributed by atoms with Gasteiger partial charge in [-0.1, -0.05) is 30.0 Å². The van der Waals surface area contributed by atoms with Crippen molar-refractivity contribution < 1.29 is 10.0 Å². The van der Waals surface area contributed by atoms with Crippen LogP contribution in [0.15, 0.2) is 35.6 Å². The molecule has 2 aromatic rings. The lowest BCUT2D eigenvalue weighted by Crippen LogP contribution is -1.98. The minimum atomic E-state index is -0.381. The summed E-state index contributed by atoms with van der Waals surface area (Å²) in [7, 11) is 1.81. The second-order valence-electron chi connectivity index (χ2n) is 3.92. The molecule has 1 heterocycles. The molecule has 0 fully saturated rings. The number of nitro benzene ring substituents is 1. The zero-order valence-electron chi connectivity index (χ0n) is 10.3. The maximum Gasteiger partial charge on any atom is 0.273 e. The van der Waals surface area contributed by atoms with E-state index in [0.29, 0.717) is 17.0 Å². The van der Waals surface area contributed by atoms with E-state index in [2.05, 4.69) is 4.98 Å². The predicted molar refractivity (Wildman–Crippen MR) is 71.8 cm³/mol. The Hall–Kier alpha value is -1.86. The fourth-order valence-corrected chi connectivity index (χ4v) is 2.63. The van der Waals surface area contributed by atoms with E-state index in [9.17, 15) is 10.1 Å². The van der Waals surface area contributed by atoms with Crippen LogP contribution in [-0.2, 0) is 19.4 Å². The van der Waals surface area contributed by atoms with Gasteiger partial charge < -0.3 is 9.67 Å². The monoisotopic (exact) mass is 279 g/mol. The molecule has 6 nitrogen and oxygen atoms in total. The van der Waals surface area contributed by atoms with Crippen LogP contribution in [0.2, 0.25) is 0 Å². The Morgan fingerprint density at radius 3 is 2.84 bits per heavy atom.